The number of piperidine rings is 1. The molecule has 0 unspecified atom stereocenters. The number of likely N-dealkylation sites (tertiary alicyclic amines) is 1. The molecule has 1 aliphatic heterocycles. The Balaban J connectivity index is 2.00. The number of nitrogens with two attached hydrogens (primary N) is 1. The van der Waals surface area contributed by atoms with Crippen LogP contribution in [0.2, 0.25) is 0 Å². The molecule has 88 valence electrons. The van der Waals surface area contributed by atoms with Crippen molar-refractivity contribution in [2.45, 2.75) is 33.2 Å². The summed E-state index contributed by atoms with van der Waals surface area (Å²) in [5.74, 6) is 0.901. The van der Waals surface area contributed by atoms with Crippen LogP contribution in [0.15, 0.2) is 18.2 Å². The largest absolute Gasteiger partial charge is 0.399 e. The minimum atomic E-state index is 0.881. The monoisotopic (exact) mass is 218 g/mol. The van der Waals surface area contributed by atoms with Gasteiger partial charge in [0.25, 0.3) is 0 Å². The Morgan fingerprint density at radius 3 is 2.69 bits per heavy atom. The maximum Gasteiger partial charge on any atom is 0.0317 e. The van der Waals surface area contributed by atoms with Gasteiger partial charge in [-0.25, -0.2) is 0 Å². The SMILES string of the molecule is Cc1ccc(N)cc1CN1CCC(C)CC1. The van der Waals surface area contributed by atoms with Crippen molar-refractivity contribution in [3.63, 3.8) is 0 Å². The Kier molecular flexibility index (Phi) is 3.49. The third kappa shape index (κ3) is 2.76. The van der Waals surface area contributed by atoms with Crippen LogP contribution in [0.5, 0.6) is 0 Å². The van der Waals surface area contributed by atoms with Crippen molar-refractivity contribution >= 4 is 5.69 Å². The summed E-state index contributed by atoms with van der Waals surface area (Å²) in [5.41, 5.74) is 9.45. The van der Waals surface area contributed by atoms with E-state index in [-0.39, 0.29) is 0 Å². The zero-order valence-corrected chi connectivity index (χ0v) is 10.4. The van der Waals surface area contributed by atoms with Crippen LogP contribution < -0.4 is 5.73 Å². The lowest BCUT2D eigenvalue weighted by atomic mass is 9.98. The molecule has 0 radical (unpaired) electrons. The van der Waals surface area contributed by atoms with E-state index in [2.05, 4.69) is 30.9 Å². The molecular weight excluding hydrogens is 196 g/mol. The molecule has 0 aliphatic carbocycles. The second-order valence-corrected chi connectivity index (χ2v) is 5.14. The number of hydrogen-bond acceptors (Lipinski definition) is 2. The molecular formula is C14H22N2. The van der Waals surface area contributed by atoms with Gasteiger partial charge >= 0.3 is 0 Å². The summed E-state index contributed by atoms with van der Waals surface area (Å²) in [6.45, 7) is 8.04. The Bertz CT molecular complexity index is 352. The van der Waals surface area contributed by atoms with Crippen LogP contribution in [-0.2, 0) is 6.54 Å². The average molecular weight is 218 g/mol. The van der Waals surface area contributed by atoms with Gasteiger partial charge < -0.3 is 5.73 Å². The minimum Gasteiger partial charge on any atom is -0.399 e. The molecule has 2 N–H and O–H groups in total. The molecule has 1 heterocycles. The van der Waals surface area contributed by atoms with E-state index in [9.17, 15) is 0 Å². The Morgan fingerprint density at radius 2 is 2.00 bits per heavy atom. The fourth-order valence-electron chi connectivity index (χ4n) is 2.32. The van der Waals surface area contributed by atoms with Crippen LogP contribution in [0.25, 0.3) is 0 Å². The highest BCUT2D eigenvalue weighted by Gasteiger charge is 2.16. The van der Waals surface area contributed by atoms with E-state index in [1.807, 2.05) is 6.07 Å². The van der Waals surface area contributed by atoms with Gasteiger partial charge in [0.2, 0.25) is 0 Å². The van der Waals surface area contributed by atoms with Crippen LogP contribution in [0, 0.1) is 12.8 Å². The molecule has 1 aromatic carbocycles. The molecule has 2 rings (SSSR count). The van der Waals surface area contributed by atoms with Crippen LogP contribution in [0.3, 0.4) is 0 Å². The number of hydrogen-bond donors (Lipinski definition) is 1. The van der Waals surface area contributed by atoms with E-state index < -0.39 is 0 Å². The lowest BCUT2D eigenvalue weighted by molar-refractivity contribution is 0.185. The Morgan fingerprint density at radius 1 is 1.31 bits per heavy atom. The van der Waals surface area contributed by atoms with Gasteiger partial charge in [-0.15, -0.1) is 0 Å². The summed E-state index contributed by atoms with van der Waals surface area (Å²) in [7, 11) is 0. The van der Waals surface area contributed by atoms with Gasteiger partial charge in [0.05, 0.1) is 0 Å². The molecule has 1 fully saturated rings. The summed E-state index contributed by atoms with van der Waals surface area (Å²) in [4.78, 5) is 2.54. The molecule has 2 nitrogen and oxygen atoms in total. The van der Waals surface area contributed by atoms with Crippen LogP contribution in [0.1, 0.15) is 30.9 Å². The van der Waals surface area contributed by atoms with E-state index in [0.717, 1.165) is 18.2 Å². The molecule has 1 saturated heterocycles. The molecule has 2 heteroatoms. The van der Waals surface area contributed by atoms with Crippen molar-refractivity contribution in [2.24, 2.45) is 5.92 Å². The Labute approximate surface area is 98.4 Å². The first-order valence-corrected chi connectivity index (χ1v) is 6.22. The van der Waals surface area contributed by atoms with Crippen LogP contribution in [-0.4, -0.2) is 18.0 Å². The van der Waals surface area contributed by atoms with Gasteiger partial charge in [0, 0.05) is 12.2 Å². The van der Waals surface area contributed by atoms with Crippen LogP contribution >= 0.6 is 0 Å². The number of aryl methyl sites for hydroxylation is 1. The minimum absolute atomic E-state index is 0.881. The third-order valence-corrected chi connectivity index (χ3v) is 3.64. The zero-order chi connectivity index (χ0) is 11.5. The second kappa shape index (κ2) is 4.88. The van der Waals surface area contributed by atoms with E-state index in [1.165, 1.54) is 37.1 Å². The molecule has 0 spiro atoms. The summed E-state index contributed by atoms with van der Waals surface area (Å²) in [5, 5.41) is 0. The van der Waals surface area contributed by atoms with E-state index in [1.54, 1.807) is 0 Å². The standard InChI is InChI=1S/C14H22N2/c1-11-5-7-16(8-6-11)10-13-9-14(15)4-3-12(13)2/h3-4,9,11H,5-8,10,15H2,1-2H3. The number of nitrogens with zero attached hydrogens (tertiary/aromatic N) is 1. The van der Waals surface area contributed by atoms with Gasteiger partial charge in [-0.05, 0) is 62.0 Å². The molecule has 1 aliphatic rings. The third-order valence-electron chi connectivity index (χ3n) is 3.64. The maximum atomic E-state index is 5.84. The normalized spacial score (nSPS) is 18.9. The molecule has 0 amide bonds. The van der Waals surface area contributed by atoms with E-state index in [0.29, 0.717) is 0 Å². The van der Waals surface area contributed by atoms with Gasteiger partial charge in [-0.2, -0.15) is 0 Å². The van der Waals surface area contributed by atoms with Crippen molar-refractivity contribution in [2.75, 3.05) is 18.8 Å². The zero-order valence-electron chi connectivity index (χ0n) is 10.4. The lowest BCUT2D eigenvalue weighted by Gasteiger charge is -2.30. The van der Waals surface area contributed by atoms with Crippen molar-refractivity contribution in [3.05, 3.63) is 29.3 Å². The quantitative estimate of drug-likeness (QED) is 0.773. The number of anilines is 1. The molecule has 1 aromatic rings. The van der Waals surface area contributed by atoms with Crippen molar-refractivity contribution in [3.8, 4) is 0 Å². The number of nitrogen functional groups attached to an aromatic ring is 1. The predicted octanol–water partition coefficient (Wildman–Crippen LogP) is 2.81. The molecule has 0 atom stereocenters. The molecule has 0 aromatic heterocycles. The van der Waals surface area contributed by atoms with Crippen molar-refractivity contribution < 1.29 is 0 Å². The second-order valence-electron chi connectivity index (χ2n) is 5.14. The van der Waals surface area contributed by atoms with Gasteiger partial charge in [0.15, 0.2) is 0 Å². The first kappa shape index (κ1) is 11.5. The van der Waals surface area contributed by atoms with Gasteiger partial charge in [-0.1, -0.05) is 13.0 Å². The van der Waals surface area contributed by atoms with Crippen LogP contribution in [0.4, 0.5) is 5.69 Å². The average Bonchev–Trinajstić information content (AvgIpc) is 2.27. The van der Waals surface area contributed by atoms with Gasteiger partial charge in [-0.3, -0.25) is 4.90 Å². The van der Waals surface area contributed by atoms with E-state index in [4.69, 9.17) is 5.73 Å². The highest BCUT2D eigenvalue weighted by molar-refractivity contribution is 5.44. The van der Waals surface area contributed by atoms with Crippen molar-refractivity contribution in [1.29, 1.82) is 0 Å². The molecule has 16 heavy (non-hydrogen) atoms. The van der Waals surface area contributed by atoms with E-state index >= 15 is 0 Å². The number of benzene rings is 1. The number of rotatable bonds is 2. The molecule has 0 bridgehead atoms. The predicted molar refractivity (Wildman–Crippen MR) is 69.3 cm³/mol. The smallest absolute Gasteiger partial charge is 0.0317 e. The molecule has 0 saturated carbocycles. The topological polar surface area (TPSA) is 29.3 Å². The first-order valence-electron chi connectivity index (χ1n) is 6.22. The highest BCUT2D eigenvalue weighted by Crippen LogP contribution is 2.20. The fourth-order valence-corrected chi connectivity index (χ4v) is 2.32. The highest BCUT2D eigenvalue weighted by atomic mass is 15.1. The first-order chi connectivity index (χ1) is 7.65. The summed E-state index contributed by atoms with van der Waals surface area (Å²) < 4.78 is 0. The summed E-state index contributed by atoms with van der Waals surface area (Å²) in [6, 6.07) is 6.22. The Hall–Kier alpha value is -1.02. The summed E-state index contributed by atoms with van der Waals surface area (Å²) >= 11 is 0. The lowest BCUT2D eigenvalue weighted by Crippen LogP contribution is -2.32. The van der Waals surface area contributed by atoms with Gasteiger partial charge in [0.1, 0.15) is 0 Å². The van der Waals surface area contributed by atoms with Crippen molar-refractivity contribution in [1.82, 2.24) is 4.90 Å². The summed E-state index contributed by atoms with van der Waals surface area (Å²) in [6.07, 6.45) is 2.67. The maximum absolute atomic E-state index is 5.84. The fraction of sp³-hybridized carbons (Fsp3) is 0.571.